The van der Waals surface area contributed by atoms with Crippen molar-refractivity contribution in [3.63, 3.8) is 0 Å². The summed E-state index contributed by atoms with van der Waals surface area (Å²) in [5.41, 5.74) is 0.562. The monoisotopic (exact) mass is 394 g/mol. The van der Waals surface area contributed by atoms with Gasteiger partial charge in [-0.2, -0.15) is 0 Å². The van der Waals surface area contributed by atoms with E-state index in [9.17, 15) is 19.7 Å². The fraction of sp³-hybridized carbons (Fsp3) is 0.143. The second-order valence-electron chi connectivity index (χ2n) is 6.13. The smallest absolute Gasteiger partial charge is 0.325 e. The number of esters is 1. The standard InChI is InChI=1S/C21H18N2O6/c1-28-19-10-9-15(11-18(19)23(26)27)21(25)22-12-20(24)29-13-16-7-4-6-14-5-2-3-8-17(14)16/h2-11H,12-13H2,1H3,(H,22,25). The van der Waals surface area contributed by atoms with Gasteiger partial charge in [0, 0.05) is 11.6 Å². The van der Waals surface area contributed by atoms with Crippen LogP contribution in [-0.4, -0.2) is 30.5 Å². The summed E-state index contributed by atoms with van der Waals surface area (Å²) in [6, 6.07) is 17.2. The zero-order valence-electron chi connectivity index (χ0n) is 15.6. The van der Waals surface area contributed by atoms with Gasteiger partial charge in [-0.25, -0.2) is 0 Å². The van der Waals surface area contributed by atoms with Crippen LogP contribution in [0.4, 0.5) is 5.69 Å². The summed E-state index contributed by atoms with van der Waals surface area (Å²) in [4.78, 5) is 34.6. The molecule has 0 atom stereocenters. The average Bonchev–Trinajstić information content (AvgIpc) is 2.75. The molecule has 8 nitrogen and oxygen atoms in total. The number of methoxy groups -OCH3 is 1. The quantitative estimate of drug-likeness (QED) is 0.374. The molecule has 8 heteroatoms. The molecule has 1 N–H and O–H groups in total. The van der Waals surface area contributed by atoms with Gasteiger partial charge in [0.1, 0.15) is 13.2 Å². The molecule has 0 fully saturated rings. The second-order valence-corrected chi connectivity index (χ2v) is 6.13. The van der Waals surface area contributed by atoms with E-state index in [1.165, 1.54) is 19.2 Å². The highest BCUT2D eigenvalue weighted by Crippen LogP contribution is 2.27. The van der Waals surface area contributed by atoms with E-state index in [0.29, 0.717) is 0 Å². The Morgan fingerprint density at radius 2 is 1.83 bits per heavy atom. The first-order chi connectivity index (χ1) is 14.0. The number of benzene rings is 3. The third-order valence-corrected chi connectivity index (χ3v) is 4.30. The number of nitro benzene ring substituents is 1. The maximum absolute atomic E-state index is 12.2. The summed E-state index contributed by atoms with van der Waals surface area (Å²) < 4.78 is 10.1. The van der Waals surface area contributed by atoms with Gasteiger partial charge in [-0.3, -0.25) is 19.7 Å². The number of rotatable bonds is 7. The van der Waals surface area contributed by atoms with Crippen LogP contribution in [0.5, 0.6) is 5.75 Å². The van der Waals surface area contributed by atoms with Crippen LogP contribution >= 0.6 is 0 Å². The minimum atomic E-state index is -0.645. The number of carbonyl (C=O) groups is 2. The fourth-order valence-corrected chi connectivity index (χ4v) is 2.86. The van der Waals surface area contributed by atoms with Crippen molar-refractivity contribution in [1.29, 1.82) is 0 Å². The van der Waals surface area contributed by atoms with Gasteiger partial charge in [-0.15, -0.1) is 0 Å². The van der Waals surface area contributed by atoms with Crippen LogP contribution in [0.3, 0.4) is 0 Å². The topological polar surface area (TPSA) is 108 Å². The first kappa shape index (κ1) is 19.8. The van der Waals surface area contributed by atoms with Crippen LogP contribution in [0.25, 0.3) is 10.8 Å². The van der Waals surface area contributed by atoms with Gasteiger partial charge >= 0.3 is 11.7 Å². The van der Waals surface area contributed by atoms with Crippen molar-refractivity contribution < 1.29 is 24.0 Å². The number of fused-ring (bicyclic) bond motifs is 1. The molecule has 0 aromatic heterocycles. The van der Waals surface area contributed by atoms with E-state index in [2.05, 4.69) is 5.32 Å². The summed E-state index contributed by atoms with van der Waals surface area (Å²) in [6.07, 6.45) is 0. The van der Waals surface area contributed by atoms with Gasteiger partial charge in [0.05, 0.1) is 12.0 Å². The minimum Gasteiger partial charge on any atom is -0.490 e. The Morgan fingerprint density at radius 1 is 1.07 bits per heavy atom. The van der Waals surface area contributed by atoms with E-state index < -0.39 is 16.8 Å². The van der Waals surface area contributed by atoms with Crippen molar-refractivity contribution >= 4 is 28.3 Å². The fourth-order valence-electron chi connectivity index (χ4n) is 2.86. The molecule has 0 bridgehead atoms. The molecular formula is C21H18N2O6. The first-order valence-electron chi connectivity index (χ1n) is 8.72. The van der Waals surface area contributed by atoms with Crippen molar-refractivity contribution in [2.24, 2.45) is 0 Å². The maximum atomic E-state index is 12.2. The summed E-state index contributed by atoms with van der Waals surface area (Å²) in [5.74, 6) is -1.20. The van der Waals surface area contributed by atoms with E-state index in [0.717, 1.165) is 22.4 Å². The Morgan fingerprint density at radius 3 is 2.59 bits per heavy atom. The van der Waals surface area contributed by atoms with E-state index >= 15 is 0 Å². The molecule has 29 heavy (non-hydrogen) atoms. The Balaban J connectivity index is 1.58. The summed E-state index contributed by atoms with van der Waals surface area (Å²) in [5, 5.41) is 15.5. The number of nitro groups is 1. The molecule has 0 saturated carbocycles. The van der Waals surface area contributed by atoms with Crippen molar-refractivity contribution in [2.45, 2.75) is 6.61 Å². The van der Waals surface area contributed by atoms with E-state index in [1.807, 2.05) is 42.5 Å². The SMILES string of the molecule is COc1ccc(C(=O)NCC(=O)OCc2cccc3ccccc23)cc1[N+](=O)[O-]. The molecule has 0 aliphatic heterocycles. The predicted molar refractivity (Wildman–Crippen MR) is 106 cm³/mol. The number of hydrogen-bond acceptors (Lipinski definition) is 6. The van der Waals surface area contributed by atoms with Crippen molar-refractivity contribution in [1.82, 2.24) is 5.32 Å². The Bertz CT molecular complexity index is 1070. The molecule has 1 amide bonds. The minimum absolute atomic E-state index is 0.0411. The summed E-state index contributed by atoms with van der Waals surface area (Å²) in [7, 11) is 1.30. The lowest BCUT2D eigenvalue weighted by Crippen LogP contribution is -2.30. The molecule has 0 radical (unpaired) electrons. The maximum Gasteiger partial charge on any atom is 0.325 e. The number of carbonyl (C=O) groups excluding carboxylic acids is 2. The zero-order valence-corrected chi connectivity index (χ0v) is 15.6. The zero-order chi connectivity index (χ0) is 20.8. The number of nitrogens with one attached hydrogen (secondary N) is 1. The average molecular weight is 394 g/mol. The van der Waals surface area contributed by atoms with Gasteiger partial charge in [0.15, 0.2) is 5.75 Å². The van der Waals surface area contributed by atoms with Crippen molar-refractivity contribution in [3.8, 4) is 5.75 Å². The molecule has 0 aliphatic carbocycles. The Labute approximate surface area is 166 Å². The third kappa shape index (κ3) is 4.67. The number of hydrogen-bond donors (Lipinski definition) is 1. The normalized spacial score (nSPS) is 10.4. The first-order valence-corrected chi connectivity index (χ1v) is 8.72. The molecule has 3 aromatic carbocycles. The van der Waals surface area contributed by atoms with Gasteiger partial charge in [0.25, 0.3) is 5.91 Å². The van der Waals surface area contributed by atoms with Crippen LogP contribution < -0.4 is 10.1 Å². The molecule has 148 valence electrons. The van der Waals surface area contributed by atoms with Crippen LogP contribution in [-0.2, 0) is 16.1 Å². The van der Waals surface area contributed by atoms with E-state index in [4.69, 9.17) is 9.47 Å². The van der Waals surface area contributed by atoms with Crippen LogP contribution in [0.15, 0.2) is 60.7 Å². The number of ether oxygens (including phenoxy) is 2. The van der Waals surface area contributed by atoms with Gasteiger partial charge in [0.2, 0.25) is 0 Å². The van der Waals surface area contributed by atoms with E-state index in [-0.39, 0.29) is 30.2 Å². The van der Waals surface area contributed by atoms with Crippen molar-refractivity contribution in [2.75, 3.05) is 13.7 Å². The molecule has 3 aromatic rings. The Hall–Kier alpha value is -3.94. The Kier molecular flexibility index (Phi) is 6.03. The molecule has 0 unspecified atom stereocenters. The number of amides is 1. The molecule has 0 aliphatic rings. The highest BCUT2D eigenvalue weighted by atomic mass is 16.6. The van der Waals surface area contributed by atoms with Crippen molar-refractivity contribution in [3.05, 3.63) is 81.9 Å². The third-order valence-electron chi connectivity index (χ3n) is 4.30. The highest BCUT2D eigenvalue weighted by molar-refractivity contribution is 5.96. The van der Waals surface area contributed by atoms with Gasteiger partial charge in [-0.05, 0) is 28.5 Å². The molecule has 3 rings (SSSR count). The highest BCUT2D eigenvalue weighted by Gasteiger charge is 2.18. The predicted octanol–water partition coefficient (Wildman–Crippen LogP) is 3.23. The molecule has 0 heterocycles. The lowest BCUT2D eigenvalue weighted by molar-refractivity contribution is -0.385. The van der Waals surface area contributed by atoms with Crippen LogP contribution in [0, 0.1) is 10.1 Å². The molecule has 0 spiro atoms. The van der Waals surface area contributed by atoms with Crippen LogP contribution in [0.1, 0.15) is 15.9 Å². The van der Waals surface area contributed by atoms with Gasteiger partial charge < -0.3 is 14.8 Å². The molecule has 0 saturated heterocycles. The largest absolute Gasteiger partial charge is 0.490 e. The molecular weight excluding hydrogens is 376 g/mol. The van der Waals surface area contributed by atoms with E-state index in [1.54, 1.807) is 0 Å². The lowest BCUT2D eigenvalue weighted by Gasteiger charge is -2.09. The summed E-state index contributed by atoms with van der Waals surface area (Å²) >= 11 is 0. The van der Waals surface area contributed by atoms with Crippen LogP contribution in [0.2, 0.25) is 0 Å². The lowest BCUT2D eigenvalue weighted by atomic mass is 10.1. The van der Waals surface area contributed by atoms with Gasteiger partial charge in [-0.1, -0.05) is 42.5 Å². The summed E-state index contributed by atoms with van der Waals surface area (Å²) in [6.45, 7) is -0.284. The number of nitrogens with zero attached hydrogens (tertiary/aromatic N) is 1. The second kappa shape index (κ2) is 8.83.